The lowest BCUT2D eigenvalue weighted by atomic mass is 10.2. The van der Waals surface area contributed by atoms with Crippen molar-refractivity contribution in [2.45, 2.75) is 33.5 Å². The predicted molar refractivity (Wildman–Crippen MR) is 100 cm³/mol. The average molecular weight is 353 g/mol. The molecular formula is C16H27N5O2S. The van der Waals surface area contributed by atoms with Gasteiger partial charge in [-0.1, -0.05) is 0 Å². The van der Waals surface area contributed by atoms with Gasteiger partial charge in [0, 0.05) is 44.1 Å². The molecule has 0 aliphatic heterocycles. The fourth-order valence-corrected chi connectivity index (χ4v) is 3.97. The quantitative estimate of drug-likeness (QED) is 0.661. The van der Waals surface area contributed by atoms with Gasteiger partial charge in [-0.05, 0) is 33.5 Å². The molecule has 2 rings (SSSR count). The van der Waals surface area contributed by atoms with E-state index in [1.807, 2.05) is 32.8 Å². The highest BCUT2D eigenvalue weighted by Gasteiger charge is 2.19. The summed E-state index contributed by atoms with van der Waals surface area (Å²) >= 11 is 1.53. The van der Waals surface area contributed by atoms with Crippen LogP contribution in [0.15, 0.2) is 9.59 Å². The normalized spacial score (nSPS) is 11.8. The first-order valence-corrected chi connectivity index (χ1v) is 9.05. The molecule has 0 aromatic carbocycles. The molecule has 2 heterocycles. The lowest BCUT2D eigenvalue weighted by molar-refractivity contribution is 0.380. The first-order chi connectivity index (χ1) is 11.4. The zero-order valence-electron chi connectivity index (χ0n) is 14.9. The third-order valence-electron chi connectivity index (χ3n) is 4.09. The second-order valence-electron chi connectivity index (χ2n) is 6.08. The molecule has 0 amide bonds. The van der Waals surface area contributed by atoms with Crippen molar-refractivity contribution < 1.29 is 0 Å². The van der Waals surface area contributed by atoms with Crippen molar-refractivity contribution in [3.8, 4) is 0 Å². The fourth-order valence-electron chi connectivity index (χ4n) is 2.69. The minimum atomic E-state index is -0.223. The van der Waals surface area contributed by atoms with Gasteiger partial charge in [-0.15, -0.1) is 11.3 Å². The van der Waals surface area contributed by atoms with Crippen LogP contribution in [0.5, 0.6) is 0 Å². The van der Waals surface area contributed by atoms with E-state index in [9.17, 15) is 9.59 Å². The molecule has 0 saturated heterocycles. The van der Waals surface area contributed by atoms with E-state index >= 15 is 0 Å². The Bertz CT molecular complexity index is 818. The summed E-state index contributed by atoms with van der Waals surface area (Å²) < 4.78 is 3.07. The minimum Gasteiger partial charge on any atom is -0.329 e. The molecule has 2 aromatic heterocycles. The van der Waals surface area contributed by atoms with Crippen LogP contribution in [0.25, 0.3) is 10.2 Å². The van der Waals surface area contributed by atoms with Gasteiger partial charge in [-0.25, -0.2) is 4.79 Å². The van der Waals surface area contributed by atoms with Gasteiger partial charge in [0.2, 0.25) is 0 Å². The number of nitrogens with two attached hydrogens (primary N) is 1. The summed E-state index contributed by atoms with van der Waals surface area (Å²) in [6.45, 7) is 7.44. The SMILES string of the molecule is CCn1c(=O)c2c(C)c(CNCCN)sc2n(CCN(C)C)c1=O. The van der Waals surface area contributed by atoms with Crippen molar-refractivity contribution in [1.29, 1.82) is 0 Å². The van der Waals surface area contributed by atoms with Crippen molar-refractivity contribution in [3.05, 3.63) is 31.3 Å². The van der Waals surface area contributed by atoms with Gasteiger partial charge in [-0.3, -0.25) is 13.9 Å². The van der Waals surface area contributed by atoms with Gasteiger partial charge in [-0.2, -0.15) is 0 Å². The molecule has 0 spiro atoms. The number of hydrogen-bond acceptors (Lipinski definition) is 6. The molecule has 24 heavy (non-hydrogen) atoms. The maximum atomic E-state index is 12.7. The van der Waals surface area contributed by atoms with E-state index in [2.05, 4.69) is 5.32 Å². The zero-order chi connectivity index (χ0) is 17.9. The van der Waals surface area contributed by atoms with Crippen molar-refractivity contribution >= 4 is 21.6 Å². The molecule has 8 heteroatoms. The molecule has 3 N–H and O–H groups in total. The highest BCUT2D eigenvalue weighted by atomic mass is 32.1. The van der Waals surface area contributed by atoms with E-state index in [-0.39, 0.29) is 11.2 Å². The highest BCUT2D eigenvalue weighted by Crippen LogP contribution is 2.27. The maximum Gasteiger partial charge on any atom is 0.332 e. The van der Waals surface area contributed by atoms with Crippen LogP contribution in [0.4, 0.5) is 0 Å². The van der Waals surface area contributed by atoms with Crippen LogP contribution in [0.2, 0.25) is 0 Å². The Labute approximate surface area is 145 Å². The standard InChI is InChI=1S/C16H27N5O2S/c1-5-20-14(22)13-11(2)12(10-18-7-6-17)24-15(13)21(16(20)23)9-8-19(3)4/h18H,5-10,17H2,1-4H3. The van der Waals surface area contributed by atoms with Gasteiger partial charge in [0.25, 0.3) is 5.56 Å². The molecule has 0 fully saturated rings. The Morgan fingerprint density at radius 3 is 2.54 bits per heavy atom. The monoisotopic (exact) mass is 353 g/mol. The number of hydrogen-bond donors (Lipinski definition) is 2. The Balaban J connectivity index is 2.63. The topological polar surface area (TPSA) is 85.3 Å². The molecule has 0 unspecified atom stereocenters. The van der Waals surface area contributed by atoms with Crippen LogP contribution in [-0.4, -0.2) is 47.8 Å². The van der Waals surface area contributed by atoms with Crippen molar-refractivity contribution in [1.82, 2.24) is 19.4 Å². The number of nitrogens with one attached hydrogen (secondary N) is 1. The summed E-state index contributed by atoms with van der Waals surface area (Å²) in [5, 5.41) is 3.94. The van der Waals surface area contributed by atoms with Gasteiger partial charge in [0.15, 0.2) is 0 Å². The number of nitrogens with zero attached hydrogens (tertiary/aromatic N) is 3. The zero-order valence-corrected chi connectivity index (χ0v) is 15.7. The van der Waals surface area contributed by atoms with E-state index in [0.717, 1.165) is 28.4 Å². The molecule has 2 aromatic rings. The molecule has 0 saturated carbocycles. The first-order valence-electron chi connectivity index (χ1n) is 8.23. The predicted octanol–water partition coefficient (Wildman–Crippen LogP) is 0.163. The molecule has 0 radical (unpaired) electrons. The van der Waals surface area contributed by atoms with Gasteiger partial charge < -0.3 is 16.0 Å². The number of rotatable bonds is 8. The number of thiophene rings is 1. The summed E-state index contributed by atoms with van der Waals surface area (Å²) in [5.74, 6) is 0. The van der Waals surface area contributed by atoms with Crippen molar-refractivity contribution in [2.24, 2.45) is 5.73 Å². The third kappa shape index (κ3) is 3.61. The lowest BCUT2D eigenvalue weighted by Crippen LogP contribution is -2.40. The number of aryl methyl sites for hydroxylation is 1. The molecule has 0 atom stereocenters. The number of aromatic nitrogens is 2. The highest BCUT2D eigenvalue weighted by molar-refractivity contribution is 7.18. The maximum absolute atomic E-state index is 12.7. The van der Waals surface area contributed by atoms with Gasteiger partial charge >= 0.3 is 5.69 Å². The number of likely N-dealkylation sites (N-methyl/N-ethyl adjacent to an activating group) is 1. The lowest BCUT2D eigenvalue weighted by Gasteiger charge is -2.14. The summed E-state index contributed by atoms with van der Waals surface area (Å²) in [6, 6.07) is 0. The smallest absolute Gasteiger partial charge is 0.329 e. The summed E-state index contributed by atoms with van der Waals surface area (Å²) in [4.78, 5) is 29.3. The van der Waals surface area contributed by atoms with Crippen LogP contribution in [0, 0.1) is 6.92 Å². The van der Waals surface area contributed by atoms with Crippen molar-refractivity contribution in [2.75, 3.05) is 33.7 Å². The second-order valence-corrected chi connectivity index (χ2v) is 7.17. The molecule has 0 aliphatic carbocycles. The molecule has 0 bridgehead atoms. The Hall–Kier alpha value is -1.48. The summed E-state index contributed by atoms with van der Waals surface area (Å²) in [5.41, 5.74) is 6.07. The van der Waals surface area contributed by atoms with Crippen LogP contribution in [0.3, 0.4) is 0 Å². The van der Waals surface area contributed by atoms with E-state index in [1.54, 1.807) is 4.57 Å². The Morgan fingerprint density at radius 1 is 1.25 bits per heavy atom. The average Bonchev–Trinajstić information content (AvgIpc) is 2.85. The summed E-state index contributed by atoms with van der Waals surface area (Å²) in [7, 11) is 3.94. The molecular weight excluding hydrogens is 326 g/mol. The van der Waals surface area contributed by atoms with Crippen LogP contribution < -0.4 is 22.3 Å². The van der Waals surface area contributed by atoms with E-state index in [1.165, 1.54) is 15.9 Å². The minimum absolute atomic E-state index is 0.183. The van der Waals surface area contributed by atoms with E-state index in [4.69, 9.17) is 5.73 Å². The van der Waals surface area contributed by atoms with Crippen molar-refractivity contribution in [3.63, 3.8) is 0 Å². The van der Waals surface area contributed by atoms with Crippen LogP contribution in [-0.2, 0) is 19.6 Å². The Kier molecular flexibility index (Phi) is 6.34. The van der Waals surface area contributed by atoms with E-state index < -0.39 is 0 Å². The number of fused-ring (bicyclic) bond motifs is 1. The summed E-state index contributed by atoms with van der Waals surface area (Å²) in [6.07, 6.45) is 0. The molecule has 7 nitrogen and oxygen atoms in total. The van der Waals surface area contributed by atoms with Crippen LogP contribution >= 0.6 is 11.3 Å². The Morgan fingerprint density at radius 2 is 1.96 bits per heavy atom. The fraction of sp³-hybridized carbons (Fsp3) is 0.625. The molecule has 0 aliphatic rings. The largest absolute Gasteiger partial charge is 0.332 e. The first kappa shape index (κ1) is 18.9. The molecule has 134 valence electrons. The third-order valence-corrected chi connectivity index (χ3v) is 5.40. The van der Waals surface area contributed by atoms with Gasteiger partial charge in [0.1, 0.15) is 4.83 Å². The van der Waals surface area contributed by atoms with Crippen LogP contribution in [0.1, 0.15) is 17.4 Å². The second kappa shape index (κ2) is 8.06. The van der Waals surface area contributed by atoms with Gasteiger partial charge in [0.05, 0.1) is 5.39 Å². The van der Waals surface area contributed by atoms with E-state index in [0.29, 0.717) is 31.6 Å².